The highest BCUT2D eigenvalue weighted by molar-refractivity contribution is 7.16. The summed E-state index contributed by atoms with van der Waals surface area (Å²) >= 11 is 1.56. The van der Waals surface area contributed by atoms with E-state index in [2.05, 4.69) is 17.2 Å². The van der Waals surface area contributed by atoms with Gasteiger partial charge in [-0.1, -0.05) is 36.9 Å². The van der Waals surface area contributed by atoms with E-state index in [1.807, 2.05) is 72.8 Å². The van der Waals surface area contributed by atoms with E-state index in [-0.39, 0.29) is 5.91 Å². The number of aromatic nitrogens is 2. The Morgan fingerprint density at radius 3 is 2.67 bits per heavy atom. The lowest BCUT2D eigenvalue weighted by Gasteiger charge is -2.23. The monoisotopic (exact) mass is 459 g/mol. The molecule has 2 N–H and O–H groups in total. The van der Waals surface area contributed by atoms with E-state index in [0.29, 0.717) is 23.1 Å². The quantitative estimate of drug-likeness (QED) is 0.330. The van der Waals surface area contributed by atoms with Crippen LogP contribution < -0.4 is 20.3 Å². The number of amides is 1. The van der Waals surface area contributed by atoms with Crippen molar-refractivity contribution in [3.63, 3.8) is 0 Å². The number of nitrogens with one attached hydrogen (secondary N) is 2. The van der Waals surface area contributed by atoms with Crippen molar-refractivity contribution < 1.29 is 9.53 Å². The molecule has 2 heterocycles. The first kappa shape index (κ1) is 22.3. The van der Waals surface area contributed by atoms with E-state index in [1.165, 1.54) is 6.08 Å². The Hall–Kier alpha value is -3.91. The molecule has 2 aromatic carbocycles. The van der Waals surface area contributed by atoms with E-state index in [0.717, 1.165) is 33.7 Å². The Morgan fingerprint density at radius 1 is 1.18 bits per heavy atom. The molecular formula is C25H25N5O2S. The van der Waals surface area contributed by atoms with Gasteiger partial charge in [-0.3, -0.25) is 4.79 Å². The third-order valence-electron chi connectivity index (χ3n) is 5.27. The van der Waals surface area contributed by atoms with Crippen molar-refractivity contribution >= 4 is 50.5 Å². The van der Waals surface area contributed by atoms with Gasteiger partial charge in [0, 0.05) is 30.6 Å². The van der Waals surface area contributed by atoms with Gasteiger partial charge in [-0.05, 0) is 30.5 Å². The number of carbonyl (C=O) groups is 1. The smallest absolute Gasteiger partial charge is 0.247 e. The summed E-state index contributed by atoms with van der Waals surface area (Å²) in [5.74, 6) is 0.761. The minimum absolute atomic E-state index is 0.292. The second-order valence-corrected chi connectivity index (χ2v) is 8.20. The van der Waals surface area contributed by atoms with Gasteiger partial charge in [-0.15, -0.1) is 11.3 Å². The number of nitrogens with zero attached hydrogens (tertiary/aromatic N) is 3. The second-order valence-electron chi connectivity index (χ2n) is 7.30. The van der Waals surface area contributed by atoms with Crippen molar-refractivity contribution in [2.75, 3.05) is 36.2 Å². The number of ether oxygens (including phenoxy) is 1. The SMILES string of the molecule is C=CC(=O)Nc1cc(Nc2nc(-c3ccccc3)c3ccsc3n2)c(OC)cc1N(C)CC. The first-order chi connectivity index (χ1) is 16.0. The van der Waals surface area contributed by atoms with Crippen molar-refractivity contribution in [1.29, 1.82) is 0 Å². The molecular weight excluding hydrogens is 434 g/mol. The average molecular weight is 460 g/mol. The third kappa shape index (κ3) is 4.65. The fraction of sp³-hybridized carbons (Fsp3) is 0.160. The summed E-state index contributed by atoms with van der Waals surface area (Å²) < 4.78 is 5.65. The average Bonchev–Trinajstić information content (AvgIpc) is 3.32. The maximum absolute atomic E-state index is 12.1. The van der Waals surface area contributed by atoms with Gasteiger partial charge >= 0.3 is 0 Å². The number of rotatable bonds is 8. The zero-order valence-corrected chi connectivity index (χ0v) is 19.6. The maximum atomic E-state index is 12.1. The van der Waals surface area contributed by atoms with E-state index in [1.54, 1.807) is 18.4 Å². The molecule has 1 amide bonds. The summed E-state index contributed by atoms with van der Waals surface area (Å²) in [5.41, 5.74) is 3.96. The first-order valence-corrected chi connectivity index (χ1v) is 11.4. The Labute approximate surface area is 196 Å². The number of anilines is 4. The molecule has 0 unspecified atom stereocenters. The van der Waals surface area contributed by atoms with Crippen LogP contribution in [0, 0.1) is 0 Å². The summed E-state index contributed by atoms with van der Waals surface area (Å²) in [4.78, 5) is 24.5. The number of fused-ring (bicyclic) bond motifs is 1. The zero-order chi connectivity index (χ0) is 23.4. The predicted molar refractivity (Wildman–Crippen MR) is 137 cm³/mol. The highest BCUT2D eigenvalue weighted by Crippen LogP contribution is 2.38. The number of hydrogen-bond donors (Lipinski definition) is 2. The number of carbonyl (C=O) groups excluding carboxylic acids is 1. The van der Waals surface area contributed by atoms with Gasteiger partial charge in [0.25, 0.3) is 0 Å². The van der Waals surface area contributed by atoms with Crippen molar-refractivity contribution in [3.8, 4) is 17.0 Å². The minimum atomic E-state index is -0.292. The lowest BCUT2D eigenvalue weighted by atomic mass is 10.1. The van der Waals surface area contributed by atoms with Crippen LogP contribution in [0.1, 0.15) is 6.92 Å². The van der Waals surface area contributed by atoms with Gasteiger partial charge in [0.1, 0.15) is 10.6 Å². The summed E-state index contributed by atoms with van der Waals surface area (Å²) in [7, 11) is 3.56. The molecule has 0 aliphatic carbocycles. The molecule has 7 nitrogen and oxygen atoms in total. The first-order valence-electron chi connectivity index (χ1n) is 10.5. The largest absolute Gasteiger partial charge is 0.494 e. The lowest BCUT2D eigenvalue weighted by Crippen LogP contribution is -2.19. The Kier molecular flexibility index (Phi) is 6.55. The van der Waals surface area contributed by atoms with Gasteiger partial charge in [0.2, 0.25) is 11.9 Å². The molecule has 0 aliphatic rings. The molecule has 4 aromatic rings. The van der Waals surface area contributed by atoms with Gasteiger partial charge in [0.05, 0.1) is 29.9 Å². The van der Waals surface area contributed by atoms with Crippen molar-refractivity contribution in [1.82, 2.24) is 9.97 Å². The van der Waals surface area contributed by atoms with Crippen LogP contribution in [0.4, 0.5) is 23.0 Å². The van der Waals surface area contributed by atoms with E-state index < -0.39 is 0 Å². The van der Waals surface area contributed by atoms with E-state index in [9.17, 15) is 4.79 Å². The minimum Gasteiger partial charge on any atom is -0.494 e. The van der Waals surface area contributed by atoms with Crippen LogP contribution in [0.25, 0.3) is 21.5 Å². The second kappa shape index (κ2) is 9.70. The van der Waals surface area contributed by atoms with E-state index >= 15 is 0 Å². The molecule has 0 radical (unpaired) electrons. The van der Waals surface area contributed by atoms with E-state index in [4.69, 9.17) is 14.7 Å². The zero-order valence-electron chi connectivity index (χ0n) is 18.8. The molecule has 168 valence electrons. The highest BCUT2D eigenvalue weighted by atomic mass is 32.1. The van der Waals surface area contributed by atoms with Crippen LogP contribution in [0.5, 0.6) is 5.75 Å². The van der Waals surface area contributed by atoms with Crippen molar-refractivity contribution in [2.24, 2.45) is 0 Å². The molecule has 33 heavy (non-hydrogen) atoms. The standard InChI is InChI=1S/C25H25N5O2S/c1-5-22(31)26-18-14-19(21(32-4)15-20(18)30(3)6-2)27-25-28-23(16-10-8-7-9-11-16)17-12-13-33-24(17)29-25/h5,7-15H,1,6H2,2-4H3,(H,26,31)(H,27,28,29). The molecule has 2 aromatic heterocycles. The predicted octanol–water partition coefficient (Wildman–Crippen LogP) is 5.69. The Balaban J connectivity index is 1.80. The molecule has 0 atom stereocenters. The molecule has 0 saturated heterocycles. The van der Waals surface area contributed by atoms with Crippen LogP contribution >= 0.6 is 11.3 Å². The number of thiophene rings is 1. The molecule has 0 bridgehead atoms. The lowest BCUT2D eigenvalue weighted by molar-refractivity contribution is -0.111. The molecule has 0 spiro atoms. The highest BCUT2D eigenvalue weighted by Gasteiger charge is 2.17. The fourth-order valence-electron chi connectivity index (χ4n) is 3.45. The van der Waals surface area contributed by atoms with Crippen molar-refractivity contribution in [3.05, 3.63) is 66.6 Å². The number of benzene rings is 2. The molecule has 0 fully saturated rings. The third-order valence-corrected chi connectivity index (χ3v) is 6.07. The molecule has 0 saturated carbocycles. The molecule has 0 aliphatic heterocycles. The van der Waals surface area contributed by atoms with Gasteiger partial charge in [-0.25, -0.2) is 9.97 Å². The van der Waals surface area contributed by atoms with Crippen LogP contribution in [0.3, 0.4) is 0 Å². The van der Waals surface area contributed by atoms with Crippen LogP contribution in [-0.2, 0) is 4.79 Å². The van der Waals surface area contributed by atoms with Crippen molar-refractivity contribution in [2.45, 2.75) is 6.92 Å². The van der Waals surface area contributed by atoms with Crippen LogP contribution in [0.15, 0.2) is 66.6 Å². The van der Waals surface area contributed by atoms with Gasteiger partial charge in [-0.2, -0.15) is 0 Å². The molecule has 8 heteroatoms. The maximum Gasteiger partial charge on any atom is 0.247 e. The Bertz CT molecular complexity index is 1300. The van der Waals surface area contributed by atoms with Crippen LogP contribution in [0.2, 0.25) is 0 Å². The molecule has 4 rings (SSSR count). The topological polar surface area (TPSA) is 79.4 Å². The summed E-state index contributed by atoms with van der Waals surface area (Å²) in [6.07, 6.45) is 1.24. The summed E-state index contributed by atoms with van der Waals surface area (Å²) in [6, 6.07) is 15.8. The van der Waals surface area contributed by atoms with Crippen LogP contribution in [-0.4, -0.2) is 36.6 Å². The summed E-state index contributed by atoms with van der Waals surface area (Å²) in [5, 5.41) is 9.19. The Morgan fingerprint density at radius 2 is 1.97 bits per heavy atom. The number of hydrogen-bond acceptors (Lipinski definition) is 7. The van der Waals surface area contributed by atoms with Gasteiger partial charge in [0.15, 0.2) is 0 Å². The van der Waals surface area contributed by atoms with Gasteiger partial charge < -0.3 is 20.3 Å². The number of methoxy groups -OCH3 is 1. The normalized spacial score (nSPS) is 10.6. The fourth-order valence-corrected chi connectivity index (χ4v) is 4.22. The summed E-state index contributed by atoms with van der Waals surface area (Å²) in [6.45, 7) is 6.34.